The third kappa shape index (κ3) is 4.17. The second kappa shape index (κ2) is 8.93. The number of ether oxygens (including phenoxy) is 1. The van der Waals surface area contributed by atoms with Crippen molar-refractivity contribution in [1.82, 2.24) is 10.2 Å². The zero-order chi connectivity index (χ0) is 14.1. The van der Waals surface area contributed by atoms with Gasteiger partial charge in [0.25, 0.3) is 0 Å². The molecule has 0 spiro atoms. The Kier molecular flexibility index (Phi) is 7.96. The van der Waals surface area contributed by atoms with Gasteiger partial charge < -0.3 is 10.1 Å². The molecule has 1 atom stereocenters. The van der Waals surface area contributed by atoms with E-state index >= 15 is 0 Å². The second-order valence-electron chi connectivity index (χ2n) is 5.67. The van der Waals surface area contributed by atoms with Crippen LogP contribution in [0.1, 0.15) is 59.8 Å². The molecule has 19 heavy (non-hydrogen) atoms. The molecule has 1 saturated carbocycles. The van der Waals surface area contributed by atoms with Crippen LogP contribution in [0.4, 0.5) is 0 Å². The molecule has 0 saturated heterocycles. The number of nitrogens with one attached hydrogen (secondary N) is 1. The number of hydrogen-bond acceptors (Lipinski definition) is 3. The average Bonchev–Trinajstić information content (AvgIpc) is 2.90. The predicted molar refractivity (Wildman–Crippen MR) is 82.7 cm³/mol. The van der Waals surface area contributed by atoms with Gasteiger partial charge in [-0.2, -0.15) is 0 Å². The van der Waals surface area contributed by atoms with Crippen LogP contribution in [0.3, 0.4) is 0 Å². The van der Waals surface area contributed by atoms with Crippen LogP contribution in [-0.4, -0.2) is 49.3 Å². The first-order valence-electron chi connectivity index (χ1n) is 8.31. The van der Waals surface area contributed by atoms with Crippen molar-refractivity contribution in [1.29, 1.82) is 0 Å². The molecule has 1 unspecified atom stereocenters. The highest BCUT2D eigenvalue weighted by molar-refractivity contribution is 5.03. The van der Waals surface area contributed by atoms with Crippen molar-refractivity contribution in [3.05, 3.63) is 0 Å². The normalized spacial score (nSPS) is 20.1. The minimum Gasteiger partial charge on any atom is -0.380 e. The molecule has 3 heteroatoms. The highest BCUT2D eigenvalue weighted by Gasteiger charge is 2.44. The van der Waals surface area contributed by atoms with Crippen LogP contribution in [0.25, 0.3) is 0 Å². The smallest absolute Gasteiger partial charge is 0.0637 e. The molecule has 1 rings (SSSR count). The molecule has 0 bridgehead atoms. The lowest BCUT2D eigenvalue weighted by molar-refractivity contribution is 0.0133. The number of nitrogens with zero attached hydrogens (tertiary/aromatic N) is 1. The van der Waals surface area contributed by atoms with Gasteiger partial charge in [0, 0.05) is 18.2 Å². The molecule has 0 aromatic carbocycles. The van der Waals surface area contributed by atoms with E-state index in [0.717, 1.165) is 39.3 Å². The molecular formula is C16H34N2O. The summed E-state index contributed by atoms with van der Waals surface area (Å²) in [6.07, 6.45) is 6.49. The van der Waals surface area contributed by atoms with Gasteiger partial charge in [0.2, 0.25) is 0 Å². The van der Waals surface area contributed by atoms with Gasteiger partial charge in [-0.05, 0) is 38.9 Å². The zero-order valence-electron chi connectivity index (χ0n) is 13.5. The van der Waals surface area contributed by atoms with E-state index in [1.54, 1.807) is 0 Å². The Bertz CT molecular complexity index is 223. The maximum absolute atomic E-state index is 5.88. The minimum absolute atomic E-state index is 0.327. The fraction of sp³-hybridized carbons (Fsp3) is 1.00. The monoisotopic (exact) mass is 270 g/mol. The summed E-state index contributed by atoms with van der Waals surface area (Å²) in [5.41, 5.74) is 0.327. The zero-order valence-corrected chi connectivity index (χ0v) is 13.5. The Balaban J connectivity index is 2.78. The summed E-state index contributed by atoms with van der Waals surface area (Å²) in [5.74, 6) is 0. The lowest BCUT2D eigenvalue weighted by Gasteiger charge is -2.46. The molecule has 0 heterocycles. The Morgan fingerprint density at radius 1 is 1.11 bits per heavy atom. The lowest BCUT2D eigenvalue weighted by atomic mass is 9.86. The fourth-order valence-corrected chi connectivity index (χ4v) is 3.72. The van der Waals surface area contributed by atoms with Crippen molar-refractivity contribution in [3.63, 3.8) is 0 Å². The van der Waals surface area contributed by atoms with Crippen molar-refractivity contribution in [2.75, 3.05) is 32.8 Å². The predicted octanol–water partition coefficient (Wildman–Crippen LogP) is 3.05. The molecule has 0 radical (unpaired) electrons. The largest absolute Gasteiger partial charge is 0.380 e. The van der Waals surface area contributed by atoms with Gasteiger partial charge >= 0.3 is 0 Å². The van der Waals surface area contributed by atoms with E-state index < -0.39 is 0 Å². The summed E-state index contributed by atoms with van der Waals surface area (Å²) < 4.78 is 5.88. The van der Waals surface area contributed by atoms with Gasteiger partial charge in [0.1, 0.15) is 0 Å². The highest BCUT2D eigenvalue weighted by Crippen LogP contribution is 2.38. The summed E-state index contributed by atoms with van der Waals surface area (Å²) in [5, 5.41) is 3.71. The van der Waals surface area contributed by atoms with E-state index in [0.29, 0.717) is 11.6 Å². The van der Waals surface area contributed by atoms with E-state index in [1.807, 2.05) is 0 Å². The molecule has 0 amide bonds. The summed E-state index contributed by atoms with van der Waals surface area (Å²) in [6.45, 7) is 14.0. The summed E-state index contributed by atoms with van der Waals surface area (Å²) in [7, 11) is 0. The quantitative estimate of drug-likeness (QED) is 0.618. The first-order valence-corrected chi connectivity index (χ1v) is 8.31. The third-order valence-electron chi connectivity index (χ3n) is 4.59. The third-order valence-corrected chi connectivity index (χ3v) is 4.59. The Hall–Kier alpha value is -0.120. The Labute approximate surface area is 120 Å². The molecule has 1 N–H and O–H groups in total. The average molecular weight is 270 g/mol. The van der Waals surface area contributed by atoms with Crippen LogP contribution in [0.15, 0.2) is 0 Å². The standard InChI is InChI=1S/C16H34N2O/c1-5-13-19-14-15(17-6-2)16(11-9-10-12-16)18(7-3)8-4/h15,17H,5-14H2,1-4H3. The van der Waals surface area contributed by atoms with E-state index in [4.69, 9.17) is 4.74 Å². The van der Waals surface area contributed by atoms with Crippen molar-refractivity contribution in [3.8, 4) is 0 Å². The maximum Gasteiger partial charge on any atom is 0.0637 e. The van der Waals surface area contributed by atoms with Crippen LogP contribution in [0.5, 0.6) is 0 Å². The van der Waals surface area contributed by atoms with Crippen molar-refractivity contribution in [2.24, 2.45) is 0 Å². The van der Waals surface area contributed by atoms with Gasteiger partial charge in [0.15, 0.2) is 0 Å². The van der Waals surface area contributed by atoms with Gasteiger partial charge in [-0.3, -0.25) is 4.90 Å². The molecule has 114 valence electrons. The number of rotatable bonds is 10. The molecule has 1 aliphatic rings. The molecule has 1 fully saturated rings. The van der Waals surface area contributed by atoms with Crippen molar-refractivity contribution < 1.29 is 4.74 Å². The van der Waals surface area contributed by atoms with Gasteiger partial charge in [0.05, 0.1) is 6.61 Å². The van der Waals surface area contributed by atoms with Crippen LogP contribution >= 0.6 is 0 Å². The Morgan fingerprint density at radius 2 is 1.74 bits per heavy atom. The van der Waals surface area contributed by atoms with Gasteiger partial charge in [-0.25, -0.2) is 0 Å². The second-order valence-corrected chi connectivity index (χ2v) is 5.67. The molecule has 0 aromatic rings. The van der Waals surface area contributed by atoms with Crippen molar-refractivity contribution >= 4 is 0 Å². The molecular weight excluding hydrogens is 236 g/mol. The molecule has 0 aliphatic heterocycles. The summed E-state index contributed by atoms with van der Waals surface area (Å²) in [4.78, 5) is 2.67. The summed E-state index contributed by atoms with van der Waals surface area (Å²) >= 11 is 0. The maximum atomic E-state index is 5.88. The van der Waals surface area contributed by atoms with E-state index in [9.17, 15) is 0 Å². The van der Waals surface area contributed by atoms with E-state index in [1.165, 1.54) is 25.7 Å². The molecule has 1 aliphatic carbocycles. The lowest BCUT2D eigenvalue weighted by Crippen LogP contribution is -2.61. The topological polar surface area (TPSA) is 24.5 Å². The summed E-state index contributed by atoms with van der Waals surface area (Å²) in [6, 6.07) is 0.478. The van der Waals surface area contributed by atoms with Crippen molar-refractivity contribution in [2.45, 2.75) is 71.4 Å². The van der Waals surface area contributed by atoms with Crippen LogP contribution in [0.2, 0.25) is 0 Å². The van der Waals surface area contributed by atoms with Gasteiger partial charge in [-0.1, -0.05) is 40.5 Å². The van der Waals surface area contributed by atoms with E-state index in [2.05, 4.69) is 37.9 Å². The van der Waals surface area contributed by atoms with E-state index in [-0.39, 0.29) is 0 Å². The number of likely N-dealkylation sites (N-methyl/N-ethyl adjacent to an activating group) is 2. The van der Waals surface area contributed by atoms with Crippen LogP contribution in [-0.2, 0) is 4.74 Å². The molecule has 0 aromatic heterocycles. The first kappa shape index (κ1) is 16.9. The Morgan fingerprint density at radius 3 is 2.21 bits per heavy atom. The number of hydrogen-bond donors (Lipinski definition) is 1. The highest BCUT2D eigenvalue weighted by atomic mass is 16.5. The SMILES string of the molecule is CCCOCC(NCC)C1(N(CC)CC)CCCC1. The first-order chi connectivity index (χ1) is 9.25. The molecule has 3 nitrogen and oxygen atoms in total. The van der Waals surface area contributed by atoms with Gasteiger partial charge in [-0.15, -0.1) is 0 Å². The van der Waals surface area contributed by atoms with Crippen LogP contribution in [0, 0.1) is 0 Å². The van der Waals surface area contributed by atoms with Crippen LogP contribution < -0.4 is 5.32 Å². The fourth-order valence-electron chi connectivity index (χ4n) is 3.72. The minimum atomic E-state index is 0.327.